The highest BCUT2D eigenvalue weighted by atomic mass is 32.2. The summed E-state index contributed by atoms with van der Waals surface area (Å²) >= 11 is 1.42. The molecule has 0 aromatic heterocycles. The smallest absolute Gasteiger partial charge is 0.230 e. The van der Waals surface area contributed by atoms with Crippen molar-refractivity contribution in [2.45, 2.75) is 56.5 Å². The molecule has 0 saturated carbocycles. The van der Waals surface area contributed by atoms with E-state index in [0.29, 0.717) is 6.42 Å². The Morgan fingerprint density at radius 1 is 1.24 bits per heavy atom. The minimum atomic E-state index is -0.686. The first-order valence-electron chi connectivity index (χ1n) is 7.51. The molecule has 0 aliphatic heterocycles. The summed E-state index contributed by atoms with van der Waals surface area (Å²) in [5.74, 6) is -0.257. The highest BCUT2D eigenvalue weighted by Gasteiger charge is 2.39. The normalized spacial score (nSPS) is 15.2. The van der Waals surface area contributed by atoms with Crippen molar-refractivity contribution in [1.29, 1.82) is 0 Å². The summed E-state index contributed by atoms with van der Waals surface area (Å²) in [7, 11) is 0. The van der Waals surface area contributed by atoms with Gasteiger partial charge in [-0.1, -0.05) is 57.0 Å². The number of rotatable bonds is 9. The van der Waals surface area contributed by atoms with E-state index >= 15 is 0 Å². The molecule has 2 atom stereocenters. The highest BCUT2D eigenvalue weighted by molar-refractivity contribution is 8.02. The molecule has 1 aromatic carbocycles. The van der Waals surface area contributed by atoms with Gasteiger partial charge in [-0.15, -0.1) is 11.8 Å². The molecule has 21 heavy (non-hydrogen) atoms. The molecule has 2 N–H and O–H groups in total. The summed E-state index contributed by atoms with van der Waals surface area (Å²) in [5, 5.41) is -0.325. The third-order valence-corrected chi connectivity index (χ3v) is 5.75. The van der Waals surface area contributed by atoms with Gasteiger partial charge >= 0.3 is 0 Å². The van der Waals surface area contributed by atoms with Crippen LogP contribution in [0.5, 0.6) is 0 Å². The lowest BCUT2D eigenvalue weighted by atomic mass is 9.92. The number of carbonyl (C=O) groups is 2. The molecule has 0 aliphatic rings. The fraction of sp³-hybridized carbons (Fsp3) is 0.529. The van der Waals surface area contributed by atoms with Crippen molar-refractivity contribution < 1.29 is 9.59 Å². The Kier molecular flexibility index (Phi) is 6.96. The van der Waals surface area contributed by atoms with Crippen LogP contribution < -0.4 is 5.73 Å². The molecule has 1 amide bonds. The molecule has 4 heteroatoms. The minimum absolute atomic E-state index is 0.0731. The maximum absolute atomic E-state index is 12.4. The van der Waals surface area contributed by atoms with Crippen molar-refractivity contribution in [2.24, 2.45) is 5.73 Å². The van der Waals surface area contributed by atoms with E-state index in [9.17, 15) is 9.59 Å². The third-order valence-electron chi connectivity index (χ3n) is 3.79. The molecule has 0 radical (unpaired) electrons. The first-order chi connectivity index (χ1) is 9.97. The zero-order valence-corrected chi connectivity index (χ0v) is 13.9. The number of unbranched alkanes of at least 4 members (excludes halogenated alkanes) is 1. The number of benzene rings is 1. The maximum Gasteiger partial charge on any atom is 0.230 e. The monoisotopic (exact) mass is 307 g/mol. The molecule has 0 aliphatic carbocycles. The quantitative estimate of drug-likeness (QED) is 0.757. The Balaban J connectivity index is 3.13. The third kappa shape index (κ3) is 4.34. The van der Waals surface area contributed by atoms with E-state index in [1.807, 2.05) is 37.3 Å². The topological polar surface area (TPSA) is 60.2 Å². The summed E-state index contributed by atoms with van der Waals surface area (Å²) in [4.78, 5) is 24.1. The van der Waals surface area contributed by atoms with Crippen LogP contribution in [0, 0.1) is 0 Å². The van der Waals surface area contributed by atoms with E-state index in [4.69, 9.17) is 5.73 Å². The highest BCUT2D eigenvalue weighted by Crippen LogP contribution is 2.44. The SMILES string of the molecule is CCCCC(SC(CC)(C(C)=O)c1ccccc1)C(N)=O. The fourth-order valence-electron chi connectivity index (χ4n) is 2.49. The number of primary amides is 1. The molecule has 0 spiro atoms. The molecule has 1 aromatic rings. The van der Waals surface area contributed by atoms with Crippen molar-refractivity contribution in [1.82, 2.24) is 0 Å². The standard InChI is InChI=1S/C17H25NO2S/c1-4-6-12-15(16(18)20)21-17(5-2,13(3)19)14-10-8-7-9-11-14/h7-11,15H,4-6,12H2,1-3H3,(H2,18,20). The summed E-state index contributed by atoms with van der Waals surface area (Å²) < 4.78 is -0.686. The predicted molar refractivity (Wildman–Crippen MR) is 89.2 cm³/mol. The summed E-state index contributed by atoms with van der Waals surface area (Å²) in [6.45, 7) is 5.67. The van der Waals surface area contributed by atoms with Crippen molar-refractivity contribution in [3.63, 3.8) is 0 Å². The second-order valence-corrected chi connectivity index (χ2v) is 6.76. The Bertz CT molecular complexity index is 475. The van der Waals surface area contributed by atoms with Gasteiger partial charge in [0.25, 0.3) is 0 Å². The molecule has 0 fully saturated rings. The average Bonchev–Trinajstić information content (AvgIpc) is 2.48. The van der Waals surface area contributed by atoms with E-state index in [1.54, 1.807) is 6.92 Å². The van der Waals surface area contributed by atoms with E-state index in [2.05, 4.69) is 6.92 Å². The second-order valence-electron chi connectivity index (χ2n) is 5.25. The number of hydrogen-bond acceptors (Lipinski definition) is 3. The van der Waals surface area contributed by atoms with Crippen molar-refractivity contribution in [2.75, 3.05) is 0 Å². The summed E-state index contributed by atoms with van der Waals surface area (Å²) in [6.07, 6.45) is 3.31. The van der Waals surface area contributed by atoms with Crippen LogP contribution in [-0.2, 0) is 14.3 Å². The Morgan fingerprint density at radius 3 is 2.29 bits per heavy atom. The number of Topliss-reactive ketones (excluding diaryl/α,β-unsaturated/α-hetero) is 1. The van der Waals surface area contributed by atoms with Gasteiger partial charge in [0, 0.05) is 0 Å². The van der Waals surface area contributed by atoms with Gasteiger partial charge in [-0.25, -0.2) is 0 Å². The second kappa shape index (κ2) is 8.23. The first-order valence-corrected chi connectivity index (χ1v) is 8.39. The van der Waals surface area contributed by atoms with Crippen LogP contribution in [0.15, 0.2) is 30.3 Å². The zero-order valence-electron chi connectivity index (χ0n) is 13.1. The van der Waals surface area contributed by atoms with Gasteiger partial charge in [-0.3, -0.25) is 9.59 Å². The van der Waals surface area contributed by atoms with Crippen molar-refractivity contribution in [3.8, 4) is 0 Å². The van der Waals surface area contributed by atoms with Crippen LogP contribution in [0.3, 0.4) is 0 Å². The lowest BCUT2D eigenvalue weighted by molar-refractivity contribution is -0.119. The van der Waals surface area contributed by atoms with Crippen LogP contribution >= 0.6 is 11.8 Å². The Morgan fingerprint density at radius 2 is 1.86 bits per heavy atom. The molecular formula is C17H25NO2S. The van der Waals surface area contributed by atoms with Gasteiger partial charge in [-0.2, -0.15) is 0 Å². The van der Waals surface area contributed by atoms with Crippen molar-refractivity contribution >= 4 is 23.5 Å². The number of carbonyl (C=O) groups excluding carboxylic acids is 2. The Labute approximate surface area is 131 Å². The predicted octanol–water partition coefficient (Wildman–Crippen LogP) is 3.66. The molecule has 3 nitrogen and oxygen atoms in total. The average molecular weight is 307 g/mol. The number of hydrogen-bond donors (Lipinski definition) is 1. The fourth-order valence-corrected chi connectivity index (χ4v) is 3.98. The molecular weight excluding hydrogens is 282 g/mol. The van der Waals surface area contributed by atoms with Gasteiger partial charge in [0.2, 0.25) is 5.91 Å². The van der Waals surface area contributed by atoms with E-state index in [0.717, 1.165) is 24.8 Å². The molecule has 116 valence electrons. The van der Waals surface area contributed by atoms with Gasteiger partial charge in [0.1, 0.15) is 5.78 Å². The minimum Gasteiger partial charge on any atom is -0.369 e. The van der Waals surface area contributed by atoms with Gasteiger partial charge in [0.05, 0.1) is 10.00 Å². The maximum atomic E-state index is 12.4. The van der Waals surface area contributed by atoms with E-state index < -0.39 is 4.75 Å². The molecule has 2 unspecified atom stereocenters. The molecule has 0 saturated heterocycles. The van der Waals surface area contributed by atoms with E-state index in [-0.39, 0.29) is 16.9 Å². The summed E-state index contributed by atoms with van der Waals surface area (Å²) in [5.41, 5.74) is 6.50. The number of ketones is 1. The number of thioether (sulfide) groups is 1. The number of nitrogens with two attached hydrogens (primary N) is 1. The van der Waals surface area contributed by atoms with Crippen LogP contribution in [0.2, 0.25) is 0 Å². The van der Waals surface area contributed by atoms with Crippen LogP contribution in [0.1, 0.15) is 52.0 Å². The van der Waals surface area contributed by atoms with Gasteiger partial charge < -0.3 is 5.73 Å². The Hall–Kier alpha value is -1.29. The lowest BCUT2D eigenvalue weighted by Gasteiger charge is -2.33. The number of amides is 1. The summed E-state index contributed by atoms with van der Waals surface area (Å²) in [6, 6.07) is 9.69. The largest absolute Gasteiger partial charge is 0.369 e. The molecule has 1 rings (SSSR count). The molecule has 0 bridgehead atoms. The van der Waals surface area contributed by atoms with E-state index in [1.165, 1.54) is 11.8 Å². The van der Waals surface area contributed by atoms with Crippen molar-refractivity contribution in [3.05, 3.63) is 35.9 Å². The van der Waals surface area contributed by atoms with Gasteiger partial charge in [-0.05, 0) is 25.3 Å². The molecule has 0 heterocycles. The van der Waals surface area contributed by atoms with Gasteiger partial charge in [0.15, 0.2) is 0 Å². The first kappa shape index (κ1) is 17.8. The van der Waals surface area contributed by atoms with Crippen LogP contribution in [0.25, 0.3) is 0 Å². The van der Waals surface area contributed by atoms with Crippen LogP contribution in [-0.4, -0.2) is 16.9 Å². The van der Waals surface area contributed by atoms with Crippen LogP contribution in [0.4, 0.5) is 0 Å². The zero-order chi connectivity index (χ0) is 15.9. The lowest BCUT2D eigenvalue weighted by Crippen LogP contribution is -2.36.